The van der Waals surface area contributed by atoms with Crippen LogP contribution in [0.4, 0.5) is 11.5 Å². The molecule has 126 valence electrons. The number of hydrogen-bond acceptors (Lipinski definition) is 8. The molecule has 9 heteroatoms. The van der Waals surface area contributed by atoms with Gasteiger partial charge in [-0.1, -0.05) is 6.07 Å². The van der Waals surface area contributed by atoms with Crippen molar-refractivity contribution < 1.29 is 14.6 Å². The lowest BCUT2D eigenvalue weighted by Crippen LogP contribution is -2.10. The number of methoxy groups -OCH3 is 1. The molecule has 0 aliphatic carbocycles. The standard InChI is InChI=1S/C16H13N5O3S/c1-24-9-3-2-6(4-8(9)22)10-7(5-17)14(19)21-16-11(10)12(18)13(25-16)15(20)23/h2-4,22H,18H2,1H3,(H2,19,21)(H2,20,23). The van der Waals surface area contributed by atoms with Crippen molar-refractivity contribution in [3.05, 3.63) is 28.6 Å². The zero-order valence-electron chi connectivity index (χ0n) is 13.0. The Balaban J connectivity index is 2.45. The summed E-state index contributed by atoms with van der Waals surface area (Å²) in [6.07, 6.45) is 0. The fraction of sp³-hybridized carbons (Fsp3) is 0.0625. The number of nitriles is 1. The molecule has 0 saturated heterocycles. The molecule has 1 amide bonds. The number of carbonyl (C=O) groups is 1. The van der Waals surface area contributed by atoms with E-state index in [9.17, 15) is 15.2 Å². The topological polar surface area (TPSA) is 161 Å². The SMILES string of the molecule is COc1ccc(-c2c(C#N)c(N)nc3sc(C(N)=O)c(N)c23)cc1O. The van der Waals surface area contributed by atoms with Gasteiger partial charge in [0.2, 0.25) is 0 Å². The van der Waals surface area contributed by atoms with E-state index in [0.717, 1.165) is 11.3 Å². The van der Waals surface area contributed by atoms with E-state index >= 15 is 0 Å². The van der Waals surface area contributed by atoms with Crippen LogP contribution in [-0.4, -0.2) is 23.1 Å². The number of pyridine rings is 1. The minimum absolute atomic E-state index is 0.00224. The number of rotatable bonds is 3. The first-order valence-corrected chi connectivity index (χ1v) is 7.79. The summed E-state index contributed by atoms with van der Waals surface area (Å²) in [6.45, 7) is 0. The summed E-state index contributed by atoms with van der Waals surface area (Å²) in [5, 5.41) is 20.0. The highest BCUT2D eigenvalue weighted by Gasteiger charge is 2.23. The van der Waals surface area contributed by atoms with Crippen LogP contribution < -0.4 is 21.9 Å². The van der Waals surface area contributed by atoms with Crippen LogP contribution in [0.1, 0.15) is 15.2 Å². The molecule has 0 fully saturated rings. The second-order valence-corrected chi connectivity index (χ2v) is 6.13. The van der Waals surface area contributed by atoms with E-state index in [2.05, 4.69) is 4.98 Å². The molecule has 8 nitrogen and oxygen atoms in total. The molecular weight excluding hydrogens is 342 g/mol. The number of hydrogen-bond donors (Lipinski definition) is 4. The van der Waals surface area contributed by atoms with Crippen molar-refractivity contribution >= 4 is 39.0 Å². The van der Waals surface area contributed by atoms with Gasteiger partial charge in [0.05, 0.1) is 12.8 Å². The summed E-state index contributed by atoms with van der Waals surface area (Å²) < 4.78 is 5.03. The lowest BCUT2D eigenvalue weighted by atomic mass is 9.97. The maximum absolute atomic E-state index is 11.6. The van der Waals surface area contributed by atoms with Gasteiger partial charge in [0.1, 0.15) is 27.2 Å². The Kier molecular flexibility index (Phi) is 3.82. The van der Waals surface area contributed by atoms with Crippen molar-refractivity contribution in [3.8, 4) is 28.7 Å². The van der Waals surface area contributed by atoms with Crippen LogP contribution >= 0.6 is 11.3 Å². The number of ether oxygens (including phenoxy) is 1. The van der Waals surface area contributed by atoms with Crippen molar-refractivity contribution in [2.24, 2.45) is 5.73 Å². The van der Waals surface area contributed by atoms with Gasteiger partial charge in [0.15, 0.2) is 11.5 Å². The first-order valence-electron chi connectivity index (χ1n) is 6.97. The van der Waals surface area contributed by atoms with Crippen molar-refractivity contribution in [2.45, 2.75) is 0 Å². The second kappa shape index (κ2) is 5.85. The third-order valence-corrected chi connectivity index (χ3v) is 4.82. The molecule has 0 bridgehead atoms. The fourth-order valence-electron chi connectivity index (χ4n) is 2.60. The van der Waals surface area contributed by atoms with Gasteiger partial charge in [-0.15, -0.1) is 11.3 Å². The molecule has 3 rings (SSSR count). The number of thiophene rings is 1. The molecule has 3 aromatic rings. The van der Waals surface area contributed by atoms with Gasteiger partial charge in [-0.2, -0.15) is 5.26 Å². The van der Waals surface area contributed by atoms with Gasteiger partial charge in [0, 0.05) is 10.9 Å². The normalized spacial score (nSPS) is 10.6. The second-order valence-electron chi connectivity index (χ2n) is 5.13. The molecule has 25 heavy (non-hydrogen) atoms. The minimum Gasteiger partial charge on any atom is -0.504 e. The van der Waals surface area contributed by atoms with Crippen molar-refractivity contribution in [2.75, 3.05) is 18.6 Å². The van der Waals surface area contributed by atoms with Crippen LogP contribution in [0.3, 0.4) is 0 Å². The van der Waals surface area contributed by atoms with Gasteiger partial charge in [0.25, 0.3) is 5.91 Å². The molecule has 2 aromatic heterocycles. The largest absolute Gasteiger partial charge is 0.504 e. The van der Waals surface area contributed by atoms with E-state index in [1.165, 1.54) is 13.2 Å². The number of phenols is 1. The monoisotopic (exact) mass is 355 g/mol. The van der Waals surface area contributed by atoms with E-state index in [0.29, 0.717) is 21.3 Å². The fourth-order valence-corrected chi connectivity index (χ4v) is 3.56. The van der Waals surface area contributed by atoms with Crippen LogP contribution in [0.5, 0.6) is 11.5 Å². The van der Waals surface area contributed by atoms with Gasteiger partial charge in [-0.3, -0.25) is 4.79 Å². The van der Waals surface area contributed by atoms with Crippen LogP contribution in [0.2, 0.25) is 0 Å². The predicted molar refractivity (Wildman–Crippen MR) is 95.3 cm³/mol. The number of nitrogens with zero attached hydrogens (tertiary/aromatic N) is 2. The molecule has 0 atom stereocenters. The molecule has 0 unspecified atom stereocenters. The van der Waals surface area contributed by atoms with Crippen LogP contribution in [0.25, 0.3) is 21.3 Å². The third-order valence-electron chi connectivity index (χ3n) is 3.71. The summed E-state index contributed by atoms with van der Waals surface area (Å²) in [5.41, 5.74) is 18.4. The van der Waals surface area contributed by atoms with Crippen LogP contribution in [0, 0.1) is 11.3 Å². The van der Waals surface area contributed by atoms with Crippen molar-refractivity contribution in [3.63, 3.8) is 0 Å². The molecule has 0 spiro atoms. The summed E-state index contributed by atoms with van der Waals surface area (Å²) in [7, 11) is 1.42. The first kappa shape index (κ1) is 16.4. The predicted octanol–water partition coefficient (Wildman–Crippen LogP) is 1.81. The number of phenolic OH excluding ortho intramolecular Hbond substituents is 1. The number of anilines is 2. The molecule has 0 radical (unpaired) electrons. The maximum Gasteiger partial charge on any atom is 0.260 e. The summed E-state index contributed by atoms with van der Waals surface area (Å²) >= 11 is 0.999. The quantitative estimate of drug-likeness (QED) is 0.557. The molecule has 0 aliphatic rings. The highest BCUT2D eigenvalue weighted by atomic mass is 32.1. The zero-order valence-corrected chi connectivity index (χ0v) is 13.8. The lowest BCUT2D eigenvalue weighted by Gasteiger charge is -2.11. The highest BCUT2D eigenvalue weighted by Crippen LogP contribution is 2.43. The zero-order chi connectivity index (χ0) is 18.3. The average molecular weight is 355 g/mol. The minimum atomic E-state index is -0.693. The molecule has 1 aromatic carbocycles. The maximum atomic E-state index is 11.6. The molecule has 7 N–H and O–H groups in total. The van der Waals surface area contributed by atoms with Crippen LogP contribution in [0.15, 0.2) is 18.2 Å². The average Bonchev–Trinajstić information content (AvgIpc) is 2.90. The number of carbonyl (C=O) groups excluding carboxylic acids is 1. The molecular formula is C16H13N5O3S. The summed E-state index contributed by atoms with van der Waals surface area (Å²) in [4.78, 5) is 16.3. The Morgan fingerprint density at radius 2 is 2.12 bits per heavy atom. The number of benzene rings is 1. The van der Waals surface area contributed by atoms with E-state index < -0.39 is 5.91 Å². The molecule has 2 heterocycles. The van der Waals surface area contributed by atoms with Crippen molar-refractivity contribution in [1.29, 1.82) is 5.26 Å². The number of nitrogens with two attached hydrogens (primary N) is 3. The molecule has 0 saturated carbocycles. The molecule has 0 aliphatic heterocycles. The summed E-state index contributed by atoms with van der Waals surface area (Å²) in [5.74, 6) is -0.535. The Labute approximate surface area is 146 Å². The van der Waals surface area contributed by atoms with Gasteiger partial charge >= 0.3 is 0 Å². The van der Waals surface area contributed by atoms with E-state index in [1.807, 2.05) is 6.07 Å². The lowest BCUT2D eigenvalue weighted by molar-refractivity contribution is 0.100. The van der Waals surface area contributed by atoms with Gasteiger partial charge in [-0.25, -0.2) is 4.98 Å². The van der Waals surface area contributed by atoms with Crippen LogP contribution in [-0.2, 0) is 0 Å². The number of nitrogen functional groups attached to an aromatic ring is 2. The Morgan fingerprint density at radius 1 is 1.40 bits per heavy atom. The summed E-state index contributed by atoms with van der Waals surface area (Å²) in [6, 6.07) is 6.62. The first-order chi connectivity index (χ1) is 11.9. The third kappa shape index (κ3) is 2.45. The van der Waals surface area contributed by atoms with E-state index in [1.54, 1.807) is 12.1 Å². The Morgan fingerprint density at radius 3 is 2.68 bits per heavy atom. The number of aromatic nitrogens is 1. The van der Waals surface area contributed by atoms with E-state index in [4.69, 9.17) is 21.9 Å². The van der Waals surface area contributed by atoms with Gasteiger partial charge in [-0.05, 0) is 17.7 Å². The van der Waals surface area contributed by atoms with Crippen molar-refractivity contribution in [1.82, 2.24) is 4.98 Å². The number of fused-ring (bicyclic) bond motifs is 1. The Bertz CT molecular complexity index is 1070. The van der Waals surface area contributed by atoms with E-state index in [-0.39, 0.29) is 33.4 Å². The highest BCUT2D eigenvalue weighted by molar-refractivity contribution is 7.21. The number of amides is 1. The van der Waals surface area contributed by atoms with Gasteiger partial charge < -0.3 is 27.0 Å². The smallest absolute Gasteiger partial charge is 0.260 e. The number of primary amides is 1. The Hall–Kier alpha value is -3.51. The number of aromatic hydroxyl groups is 1.